The van der Waals surface area contributed by atoms with Crippen molar-refractivity contribution in [3.63, 3.8) is 0 Å². The van der Waals surface area contributed by atoms with E-state index >= 15 is 0 Å². The number of hydrogen-bond acceptors (Lipinski definition) is 5. The van der Waals surface area contributed by atoms with Gasteiger partial charge in [-0.3, -0.25) is 0 Å². The van der Waals surface area contributed by atoms with Gasteiger partial charge in [0.25, 0.3) is 0 Å². The van der Waals surface area contributed by atoms with Gasteiger partial charge < -0.3 is 10.2 Å². The molecule has 20 heavy (non-hydrogen) atoms. The van der Waals surface area contributed by atoms with Crippen molar-refractivity contribution in [3.05, 3.63) is 11.4 Å². The molecule has 1 aliphatic carbocycles. The molecule has 1 aliphatic rings. The Balaban J connectivity index is 2.23. The van der Waals surface area contributed by atoms with Gasteiger partial charge in [-0.25, -0.2) is 10.8 Å². The summed E-state index contributed by atoms with van der Waals surface area (Å²) in [5.74, 6) is 8.62. The summed E-state index contributed by atoms with van der Waals surface area (Å²) < 4.78 is 6.14. The van der Waals surface area contributed by atoms with Gasteiger partial charge in [0.05, 0.1) is 5.56 Å². The highest BCUT2D eigenvalue weighted by molar-refractivity contribution is 5.47. The van der Waals surface area contributed by atoms with E-state index in [0.29, 0.717) is 11.7 Å². The average molecular weight is 278 g/mol. The van der Waals surface area contributed by atoms with Crippen molar-refractivity contribution in [1.29, 1.82) is 0 Å². The van der Waals surface area contributed by atoms with Crippen molar-refractivity contribution in [2.45, 2.75) is 65.4 Å². The van der Waals surface area contributed by atoms with E-state index in [1.807, 2.05) is 6.92 Å². The molecule has 0 aliphatic heterocycles. The minimum absolute atomic E-state index is 0.246. The first-order valence-corrected chi connectivity index (χ1v) is 7.53. The van der Waals surface area contributed by atoms with Gasteiger partial charge in [-0.05, 0) is 32.1 Å². The van der Waals surface area contributed by atoms with Crippen LogP contribution in [0, 0.1) is 12.8 Å². The summed E-state index contributed by atoms with van der Waals surface area (Å²) in [6, 6.07) is 0. The van der Waals surface area contributed by atoms with Crippen LogP contribution in [0.15, 0.2) is 0 Å². The number of hydrazine groups is 1. The summed E-state index contributed by atoms with van der Waals surface area (Å²) in [6.07, 6.45) is 5.00. The van der Waals surface area contributed by atoms with E-state index in [2.05, 4.69) is 36.2 Å². The van der Waals surface area contributed by atoms with E-state index < -0.39 is 0 Å². The maximum absolute atomic E-state index is 6.14. The number of hydrogen-bond donors (Lipinski definition) is 2. The zero-order valence-corrected chi connectivity index (χ0v) is 12.9. The van der Waals surface area contributed by atoms with Gasteiger partial charge in [-0.1, -0.05) is 27.2 Å². The van der Waals surface area contributed by atoms with Crippen LogP contribution >= 0.6 is 0 Å². The third-order valence-corrected chi connectivity index (χ3v) is 3.94. The number of nitrogen functional groups attached to an aromatic ring is 1. The van der Waals surface area contributed by atoms with Crippen LogP contribution in [0.2, 0.25) is 0 Å². The molecule has 3 N–H and O–H groups in total. The lowest BCUT2D eigenvalue weighted by Gasteiger charge is -2.27. The SMILES string of the molecule is Cc1c(NN)nc(C(C)C)nc1OC1CCCC(C)C1. The van der Waals surface area contributed by atoms with Gasteiger partial charge >= 0.3 is 0 Å². The molecule has 2 rings (SSSR count). The smallest absolute Gasteiger partial charge is 0.222 e. The second-order valence-corrected chi connectivity index (χ2v) is 6.17. The van der Waals surface area contributed by atoms with E-state index in [0.717, 1.165) is 30.1 Å². The highest BCUT2D eigenvalue weighted by atomic mass is 16.5. The molecule has 2 unspecified atom stereocenters. The number of aromatic nitrogens is 2. The topological polar surface area (TPSA) is 73.1 Å². The molecule has 0 aromatic carbocycles. The molecule has 1 saturated carbocycles. The predicted octanol–water partition coefficient (Wildman–Crippen LogP) is 3.15. The molecule has 0 spiro atoms. The van der Waals surface area contributed by atoms with Crippen molar-refractivity contribution >= 4 is 5.82 Å². The Kier molecular flexibility index (Phi) is 4.81. The molecule has 0 bridgehead atoms. The molecule has 5 heteroatoms. The molecule has 5 nitrogen and oxygen atoms in total. The molecule has 1 aromatic rings. The maximum Gasteiger partial charge on any atom is 0.222 e. The second-order valence-electron chi connectivity index (χ2n) is 6.17. The third-order valence-electron chi connectivity index (χ3n) is 3.94. The number of nitrogens with zero attached hydrogens (tertiary/aromatic N) is 2. The van der Waals surface area contributed by atoms with Gasteiger partial charge in [0.2, 0.25) is 5.88 Å². The number of nitrogens with one attached hydrogen (secondary N) is 1. The fourth-order valence-corrected chi connectivity index (χ4v) is 2.67. The summed E-state index contributed by atoms with van der Waals surface area (Å²) in [7, 11) is 0. The predicted molar refractivity (Wildman–Crippen MR) is 80.7 cm³/mol. The van der Waals surface area contributed by atoms with Crippen LogP contribution in [0.25, 0.3) is 0 Å². The average Bonchev–Trinajstić information content (AvgIpc) is 2.41. The number of nitrogens with two attached hydrogens (primary N) is 1. The Morgan fingerprint density at radius 2 is 2.05 bits per heavy atom. The van der Waals surface area contributed by atoms with Crippen LogP contribution < -0.4 is 16.0 Å². The number of ether oxygens (including phenoxy) is 1. The van der Waals surface area contributed by atoms with Crippen molar-refractivity contribution in [1.82, 2.24) is 9.97 Å². The largest absolute Gasteiger partial charge is 0.474 e. The molecular formula is C15H26N4O. The van der Waals surface area contributed by atoms with Crippen LogP contribution in [0.3, 0.4) is 0 Å². The van der Waals surface area contributed by atoms with E-state index in [1.165, 1.54) is 12.8 Å². The van der Waals surface area contributed by atoms with Crippen molar-refractivity contribution in [3.8, 4) is 5.88 Å². The van der Waals surface area contributed by atoms with Crippen molar-refractivity contribution in [2.24, 2.45) is 11.8 Å². The highest BCUT2D eigenvalue weighted by Crippen LogP contribution is 2.30. The van der Waals surface area contributed by atoms with Crippen molar-refractivity contribution in [2.75, 3.05) is 5.43 Å². The Hall–Kier alpha value is -1.36. The zero-order chi connectivity index (χ0) is 14.7. The Bertz CT molecular complexity index is 461. The normalized spacial score (nSPS) is 22.9. The molecule has 0 radical (unpaired) electrons. The first kappa shape index (κ1) is 15.0. The van der Waals surface area contributed by atoms with E-state index in [-0.39, 0.29) is 12.0 Å². The molecule has 0 saturated heterocycles. The van der Waals surface area contributed by atoms with Gasteiger partial charge in [-0.15, -0.1) is 0 Å². The summed E-state index contributed by atoms with van der Waals surface area (Å²) in [5, 5.41) is 0. The quantitative estimate of drug-likeness (QED) is 0.654. The molecule has 112 valence electrons. The summed E-state index contributed by atoms with van der Waals surface area (Å²) in [6.45, 7) is 8.37. The van der Waals surface area contributed by atoms with Gasteiger partial charge in [0.15, 0.2) is 0 Å². The molecule has 1 fully saturated rings. The maximum atomic E-state index is 6.14. The van der Waals surface area contributed by atoms with E-state index in [9.17, 15) is 0 Å². The lowest BCUT2D eigenvalue weighted by Crippen LogP contribution is -2.25. The minimum atomic E-state index is 0.246. The fraction of sp³-hybridized carbons (Fsp3) is 0.733. The van der Waals surface area contributed by atoms with Crippen LogP contribution in [-0.4, -0.2) is 16.1 Å². The molecule has 1 heterocycles. The third kappa shape index (κ3) is 3.39. The number of rotatable bonds is 4. The van der Waals surface area contributed by atoms with E-state index in [1.54, 1.807) is 0 Å². The molecular weight excluding hydrogens is 252 g/mol. The van der Waals surface area contributed by atoms with Crippen LogP contribution in [0.4, 0.5) is 5.82 Å². The fourth-order valence-electron chi connectivity index (χ4n) is 2.67. The second kappa shape index (κ2) is 6.39. The molecule has 2 atom stereocenters. The molecule has 0 amide bonds. The van der Waals surface area contributed by atoms with E-state index in [4.69, 9.17) is 10.6 Å². The standard InChI is InChI=1S/C15H26N4O/c1-9(2)13-17-14(19-16)11(4)15(18-13)20-12-7-5-6-10(3)8-12/h9-10,12H,5-8,16H2,1-4H3,(H,17,18,19). The first-order valence-electron chi connectivity index (χ1n) is 7.53. The van der Waals surface area contributed by atoms with Crippen LogP contribution in [-0.2, 0) is 0 Å². The van der Waals surface area contributed by atoms with Crippen LogP contribution in [0.1, 0.15) is 63.8 Å². The Morgan fingerprint density at radius 3 is 2.65 bits per heavy atom. The summed E-state index contributed by atoms with van der Waals surface area (Å²) in [5.41, 5.74) is 3.53. The van der Waals surface area contributed by atoms with Gasteiger partial charge in [-0.2, -0.15) is 4.98 Å². The lowest BCUT2D eigenvalue weighted by atomic mass is 9.89. The lowest BCUT2D eigenvalue weighted by molar-refractivity contribution is 0.122. The zero-order valence-electron chi connectivity index (χ0n) is 12.9. The first-order chi connectivity index (χ1) is 9.51. The minimum Gasteiger partial charge on any atom is -0.474 e. The molecule has 1 aromatic heterocycles. The summed E-state index contributed by atoms with van der Waals surface area (Å²) >= 11 is 0. The Labute approximate surface area is 121 Å². The van der Waals surface area contributed by atoms with Crippen LogP contribution in [0.5, 0.6) is 5.88 Å². The van der Waals surface area contributed by atoms with Crippen molar-refractivity contribution < 1.29 is 4.74 Å². The monoisotopic (exact) mass is 278 g/mol. The Morgan fingerprint density at radius 1 is 1.30 bits per heavy atom. The highest BCUT2D eigenvalue weighted by Gasteiger charge is 2.23. The van der Waals surface area contributed by atoms with Gasteiger partial charge in [0, 0.05) is 5.92 Å². The summed E-state index contributed by atoms with van der Waals surface area (Å²) in [4.78, 5) is 9.00. The number of anilines is 1. The van der Waals surface area contributed by atoms with Gasteiger partial charge in [0.1, 0.15) is 17.7 Å².